The third kappa shape index (κ3) is 3.72. The molecule has 2 aromatic carbocycles. The van der Waals surface area contributed by atoms with Gasteiger partial charge in [0.05, 0.1) is 0 Å². The van der Waals surface area contributed by atoms with E-state index in [-0.39, 0.29) is 0 Å². The van der Waals surface area contributed by atoms with Crippen LogP contribution in [-0.4, -0.2) is 24.0 Å². The summed E-state index contributed by atoms with van der Waals surface area (Å²) in [6.07, 6.45) is 0. The molecule has 0 saturated carbocycles. The van der Waals surface area contributed by atoms with Crippen molar-refractivity contribution in [1.29, 1.82) is 0 Å². The zero-order valence-corrected chi connectivity index (χ0v) is 12.9. The second kappa shape index (κ2) is 6.42. The summed E-state index contributed by atoms with van der Waals surface area (Å²) in [6, 6.07) is 20.6. The lowest BCUT2D eigenvalue weighted by Crippen LogP contribution is -2.50. The molecule has 2 atom stereocenters. The number of nitrogens with zero attached hydrogens (tertiary/aromatic N) is 1. The Kier molecular flexibility index (Phi) is 4.37. The molecule has 2 aromatic rings. The van der Waals surface area contributed by atoms with Crippen LogP contribution >= 0.6 is 0 Å². The highest BCUT2D eigenvalue weighted by molar-refractivity contribution is 5.26. The van der Waals surface area contributed by atoms with E-state index >= 15 is 0 Å². The van der Waals surface area contributed by atoms with E-state index in [9.17, 15) is 0 Å². The zero-order valence-electron chi connectivity index (χ0n) is 12.9. The molecule has 110 valence electrons. The molecule has 2 nitrogen and oxygen atoms in total. The third-order valence-corrected chi connectivity index (χ3v) is 4.15. The van der Waals surface area contributed by atoms with Gasteiger partial charge in [-0.05, 0) is 25.0 Å². The van der Waals surface area contributed by atoms with Crippen LogP contribution in [0.3, 0.4) is 0 Å². The van der Waals surface area contributed by atoms with Crippen LogP contribution in [0.15, 0.2) is 54.6 Å². The van der Waals surface area contributed by atoms with E-state index in [1.165, 1.54) is 16.7 Å². The van der Waals surface area contributed by atoms with Crippen LogP contribution < -0.4 is 5.32 Å². The number of rotatable bonds is 3. The Hall–Kier alpha value is -1.64. The van der Waals surface area contributed by atoms with Crippen molar-refractivity contribution >= 4 is 0 Å². The summed E-state index contributed by atoms with van der Waals surface area (Å²) < 4.78 is 0. The topological polar surface area (TPSA) is 15.3 Å². The minimum atomic E-state index is 0.428. The maximum Gasteiger partial charge on any atom is 0.0452 e. The van der Waals surface area contributed by atoms with Gasteiger partial charge in [0.25, 0.3) is 0 Å². The first-order valence-electron chi connectivity index (χ1n) is 7.79. The van der Waals surface area contributed by atoms with Gasteiger partial charge in [-0.15, -0.1) is 0 Å². The quantitative estimate of drug-likeness (QED) is 0.925. The Morgan fingerprint density at radius 1 is 1.05 bits per heavy atom. The molecule has 0 spiro atoms. The molecule has 1 N–H and O–H groups in total. The minimum absolute atomic E-state index is 0.428. The van der Waals surface area contributed by atoms with Crippen LogP contribution in [0.2, 0.25) is 0 Å². The SMILES string of the molecule is Cc1cccc(C2CN(Cc3ccccc3)CC(C)N2)c1. The Bertz CT molecular complexity index is 579. The summed E-state index contributed by atoms with van der Waals surface area (Å²) in [5.41, 5.74) is 4.14. The molecule has 0 aromatic heterocycles. The number of aryl methyl sites for hydroxylation is 1. The van der Waals surface area contributed by atoms with Crippen LogP contribution in [-0.2, 0) is 6.54 Å². The van der Waals surface area contributed by atoms with E-state index in [1.807, 2.05) is 0 Å². The molecule has 1 aliphatic rings. The van der Waals surface area contributed by atoms with Crippen molar-refractivity contribution in [3.05, 3.63) is 71.3 Å². The molecular formula is C19H24N2. The van der Waals surface area contributed by atoms with Crippen LogP contribution in [0.25, 0.3) is 0 Å². The summed E-state index contributed by atoms with van der Waals surface area (Å²) in [5.74, 6) is 0. The van der Waals surface area contributed by atoms with E-state index in [4.69, 9.17) is 0 Å². The van der Waals surface area contributed by atoms with Crippen molar-refractivity contribution in [2.75, 3.05) is 13.1 Å². The molecule has 1 aliphatic heterocycles. The highest BCUT2D eigenvalue weighted by atomic mass is 15.2. The number of nitrogens with one attached hydrogen (secondary N) is 1. The summed E-state index contributed by atoms with van der Waals surface area (Å²) in [7, 11) is 0. The van der Waals surface area contributed by atoms with Gasteiger partial charge >= 0.3 is 0 Å². The molecule has 0 bridgehead atoms. The summed E-state index contributed by atoms with van der Waals surface area (Å²) >= 11 is 0. The number of hydrogen-bond donors (Lipinski definition) is 1. The first-order valence-corrected chi connectivity index (χ1v) is 7.79. The number of piperazine rings is 1. The van der Waals surface area contributed by atoms with Gasteiger partial charge in [-0.3, -0.25) is 4.90 Å². The summed E-state index contributed by atoms with van der Waals surface area (Å²) in [6.45, 7) is 7.66. The molecule has 0 radical (unpaired) electrons. The van der Waals surface area contributed by atoms with Crippen molar-refractivity contribution in [1.82, 2.24) is 10.2 Å². The lowest BCUT2D eigenvalue weighted by Gasteiger charge is -2.38. The fourth-order valence-electron chi connectivity index (χ4n) is 3.23. The van der Waals surface area contributed by atoms with Crippen molar-refractivity contribution < 1.29 is 0 Å². The lowest BCUT2D eigenvalue weighted by molar-refractivity contribution is 0.160. The Balaban J connectivity index is 1.72. The minimum Gasteiger partial charge on any atom is -0.305 e. The predicted octanol–water partition coefficient (Wildman–Crippen LogP) is 3.53. The second-order valence-corrected chi connectivity index (χ2v) is 6.21. The Morgan fingerprint density at radius 2 is 1.86 bits per heavy atom. The number of benzene rings is 2. The second-order valence-electron chi connectivity index (χ2n) is 6.21. The van der Waals surface area contributed by atoms with Gasteiger partial charge < -0.3 is 5.32 Å². The monoisotopic (exact) mass is 280 g/mol. The largest absolute Gasteiger partial charge is 0.305 e. The normalized spacial score (nSPS) is 23.1. The standard InChI is InChI=1S/C19H24N2/c1-15-7-6-10-18(11-15)19-14-21(12-16(2)20-19)13-17-8-4-3-5-9-17/h3-11,16,19-20H,12-14H2,1-2H3. The molecule has 0 aliphatic carbocycles. The van der Waals surface area contributed by atoms with Crippen molar-refractivity contribution in [2.45, 2.75) is 32.5 Å². The zero-order chi connectivity index (χ0) is 14.7. The van der Waals surface area contributed by atoms with E-state index in [2.05, 4.69) is 78.7 Å². The van der Waals surface area contributed by atoms with Crippen LogP contribution in [0.4, 0.5) is 0 Å². The Morgan fingerprint density at radius 3 is 2.62 bits per heavy atom. The van der Waals surface area contributed by atoms with Gasteiger partial charge in [-0.2, -0.15) is 0 Å². The third-order valence-electron chi connectivity index (χ3n) is 4.15. The van der Waals surface area contributed by atoms with E-state index in [0.717, 1.165) is 19.6 Å². The van der Waals surface area contributed by atoms with Crippen LogP contribution in [0.5, 0.6) is 0 Å². The van der Waals surface area contributed by atoms with Gasteiger partial charge in [0.2, 0.25) is 0 Å². The molecule has 3 rings (SSSR count). The maximum atomic E-state index is 3.73. The molecular weight excluding hydrogens is 256 g/mol. The summed E-state index contributed by atoms with van der Waals surface area (Å²) in [4.78, 5) is 2.56. The molecule has 0 amide bonds. The average Bonchev–Trinajstić information content (AvgIpc) is 2.48. The highest BCUT2D eigenvalue weighted by Crippen LogP contribution is 2.21. The van der Waals surface area contributed by atoms with Gasteiger partial charge in [-0.1, -0.05) is 60.2 Å². The first-order chi connectivity index (χ1) is 10.2. The molecule has 2 unspecified atom stereocenters. The molecule has 1 saturated heterocycles. The van der Waals surface area contributed by atoms with E-state index < -0.39 is 0 Å². The predicted molar refractivity (Wildman–Crippen MR) is 88.2 cm³/mol. The fraction of sp³-hybridized carbons (Fsp3) is 0.368. The van der Waals surface area contributed by atoms with Gasteiger partial charge in [0.1, 0.15) is 0 Å². The van der Waals surface area contributed by atoms with Crippen molar-refractivity contribution in [2.24, 2.45) is 0 Å². The summed E-state index contributed by atoms with van der Waals surface area (Å²) in [5, 5.41) is 3.73. The molecule has 21 heavy (non-hydrogen) atoms. The van der Waals surface area contributed by atoms with Crippen LogP contribution in [0.1, 0.15) is 29.7 Å². The van der Waals surface area contributed by atoms with Gasteiger partial charge in [0.15, 0.2) is 0 Å². The average molecular weight is 280 g/mol. The number of hydrogen-bond acceptors (Lipinski definition) is 2. The van der Waals surface area contributed by atoms with E-state index in [1.54, 1.807) is 0 Å². The fourth-order valence-corrected chi connectivity index (χ4v) is 3.23. The molecule has 1 heterocycles. The van der Waals surface area contributed by atoms with Gasteiger partial charge in [0, 0.05) is 31.7 Å². The van der Waals surface area contributed by atoms with Crippen LogP contribution in [0, 0.1) is 6.92 Å². The molecule has 1 fully saturated rings. The Labute approximate surface area is 127 Å². The molecule has 2 heteroatoms. The lowest BCUT2D eigenvalue weighted by atomic mass is 10.00. The van der Waals surface area contributed by atoms with E-state index in [0.29, 0.717) is 12.1 Å². The van der Waals surface area contributed by atoms with Crippen molar-refractivity contribution in [3.63, 3.8) is 0 Å². The van der Waals surface area contributed by atoms with Crippen molar-refractivity contribution in [3.8, 4) is 0 Å². The van der Waals surface area contributed by atoms with Gasteiger partial charge in [-0.25, -0.2) is 0 Å². The first kappa shape index (κ1) is 14.3. The highest BCUT2D eigenvalue weighted by Gasteiger charge is 2.24. The smallest absolute Gasteiger partial charge is 0.0452 e. The maximum absolute atomic E-state index is 3.73.